The Morgan fingerprint density at radius 2 is 1.77 bits per heavy atom. The first-order valence-corrected chi connectivity index (χ1v) is 7.72. The molecule has 1 heterocycles. The van der Waals surface area contributed by atoms with E-state index in [4.69, 9.17) is 9.47 Å². The van der Waals surface area contributed by atoms with Crippen molar-refractivity contribution in [1.82, 2.24) is 0 Å². The summed E-state index contributed by atoms with van der Waals surface area (Å²) in [5, 5.41) is 2.93. The molecule has 0 radical (unpaired) electrons. The van der Waals surface area contributed by atoms with Crippen LogP contribution in [0.4, 0.5) is 5.69 Å². The molecule has 1 aromatic carbocycles. The van der Waals surface area contributed by atoms with Gasteiger partial charge in [0.25, 0.3) is 5.79 Å². The van der Waals surface area contributed by atoms with E-state index in [1.165, 1.54) is 25.6 Å². The fourth-order valence-electron chi connectivity index (χ4n) is 1.94. The number of nitrogens with one attached hydrogen (secondary N) is 1. The molecule has 1 aromatic rings. The van der Waals surface area contributed by atoms with Gasteiger partial charge < -0.3 is 14.8 Å². The molecule has 2 rings (SSSR count). The molecule has 0 amide bonds. The molecule has 22 heavy (non-hydrogen) atoms. The average molecular weight is 368 g/mol. The zero-order valence-electron chi connectivity index (χ0n) is 12.9. The normalized spacial score (nSPS) is 17.1. The lowest BCUT2D eigenvalue weighted by molar-refractivity contribution is -0.222. The third-order valence-corrected chi connectivity index (χ3v) is 3.80. The third kappa shape index (κ3) is 3.68. The molecule has 0 atom stereocenters. The van der Waals surface area contributed by atoms with Crippen LogP contribution in [0.2, 0.25) is 0 Å². The van der Waals surface area contributed by atoms with Crippen molar-refractivity contribution in [2.45, 2.75) is 39.4 Å². The Morgan fingerprint density at radius 3 is 2.27 bits per heavy atom. The van der Waals surface area contributed by atoms with Crippen molar-refractivity contribution in [3.8, 4) is 0 Å². The zero-order chi connectivity index (χ0) is 16.5. The molecule has 0 unspecified atom stereocenters. The van der Waals surface area contributed by atoms with Crippen LogP contribution in [0.3, 0.4) is 0 Å². The number of anilines is 1. The van der Waals surface area contributed by atoms with Crippen molar-refractivity contribution >= 4 is 33.6 Å². The Balaban J connectivity index is 2.18. The van der Waals surface area contributed by atoms with E-state index in [0.717, 1.165) is 10.2 Å². The molecule has 118 valence electrons. The SMILES string of the molecule is CC(C)c1ccc(NC=C2C(=O)OC(C)(C)OC2=O)c(Br)c1. The Morgan fingerprint density at radius 1 is 1.18 bits per heavy atom. The molecular weight excluding hydrogens is 350 g/mol. The van der Waals surface area contributed by atoms with E-state index < -0.39 is 17.7 Å². The fraction of sp³-hybridized carbons (Fsp3) is 0.375. The van der Waals surface area contributed by atoms with Crippen LogP contribution in [0.15, 0.2) is 34.4 Å². The van der Waals surface area contributed by atoms with Crippen molar-refractivity contribution in [2.24, 2.45) is 0 Å². The topological polar surface area (TPSA) is 64.6 Å². The molecule has 1 N–H and O–H groups in total. The van der Waals surface area contributed by atoms with Gasteiger partial charge in [-0.25, -0.2) is 9.59 Å². The highest BCUT2D eigenvalue weighted by Gasteiger charge is 2.38. The maximum absolute atomic E-state index is 11.8. The summed E-state index contributed by atoms with van der Waals surface area (Å²) >= 11 is 3.46. The molecule has 0 aliphatic carbocycles. The van der Waals surface area contributed by atoms with E-state index in [-0.39, 0.29) is 5.57 Å². The highest BCUT2D eigenvalue weighted by molar-refractivity contribution is 9.10. The van der Waals surface area contributed by atoms with E-state index >= 15 is 0 Å². The Bertz CT molecular complexity index is 628. The molecule has 6 heteroatoms. The molecule has 0 bridgehead atoms. The second kappa shape index (κ2) is 6.12. The minimum atomic E-state index is -1.23. The van der Waals surface area contributed by atoms with E-state index in [1.807, 2.05) is 18.2 Å². The quantitative estimate of drug-likeness (QED) is 0.501. The lowest BCUT2D eigenvalue weighted by atomic mass is 10.0. The van der Waals surface area contributed by atoms with Gasteiger partial charge in [0, 0.05) is 24.5 Å². The molecule has 5 nitrogen and oxygen atoms in total. The second-order valence-corrected chi connectivity index (χ2v) is 6.63. The summed E-state index contributed by atoms with van der Waals surface area (Å²) < 4.78 is 10.9. The van der Waals surface area contributed by atoms with Gasteiger partial charge in [-0.2, -0.15) is 0 Å². The Kier molecular flexibility index (Phi) is 4.60. The number of benzene rings is 1. The molecule has 0 spiro atoms. The molecular formula is C16H18BrNO4. The summed E-state index contributed by atoms with van der Waals surface area (Å²) in [6, 6.07) is 5.85. The lowest BCUT2D eigenvalue weighted by Crippen LogP contribution is -2.42. The molecule has 1 aliphatic rings. The summed E-state index contributed by atoms with van der Waals surface area (Å²) in [7, 11) is 0. The maximum Gasteiger partial charge on any atom is 0.350 e. The van der Waals surface area contributed by atoms with Crippen LogP contribution >= 0.6 is 15.9 Å². The van der Waals surface area contributed by atoms with Crippen molar-refractivity contribution in [3.63, 3.8) is 0 Å². The van der Waals surface area contributed by atoms with E-state index in [1.54, 1.807) is 0 Å². The highest BCUT2D eigenvalue weighted by Crippen LogP contribution is 2.28. The van der Waals surface area contributed by atoms with Crippen LogP contribution in [0, 0.1) is 0 Å². The first-order chi connectivity index (χ1) is 10.2. The third-order valence-electron chi connectivity index (χ3n) is 3.15. The van der Waals surface area contributed by atoms with Crippen LogP contribution in [-0.4, -0.2) is 17.7 Å². The van der Waals surface area contributed by atoms with Gasteiger partial charge in [0.1, 0.15) is 0 Å². The lowest BCUT2D eigenvalue weighted by Gasteiger charge is -2.29. The molecule has 0 aromatic heterocycles. The summed E-state index contributed by atoms with van der Waals surface area (Å²) in [5.74, 6) is -2.23. The number of ether oxygens (including phenoxy) is 2. The van der Waals surface area contributed by atoms with Gasteiger partial charge in [-0.15, -0.1) is 0 Å². The molecule has 1 fully saturated rings. The minimum absolute atomic E-state index is 0.167. The number of halogens is 1. The standard InChI is InChI=1S/C16H18BrNO4/c1-9(2)10-5-6-13(12(17)7-10)18-8-11-14(19)21-16(3,4)22-15(11)20/h5-9,18H,1-4H3. The number of esters is 2. The first-order valence-electron chi connectivity index (χ1n) is 6.92. The van der Waals surface area contributed by atoms with Crippen molar-refractivity contribution in [1.29, 1.82) is 0 Å². The Labute approximate surface area is 137 Å². The Hall–Kier alpha value is -1.82. The van der Waals surface area contributed by atoms with Crippen LogP contribution in [-0.2, 0) is 19.1 Å². The van der Waals surface area contributed by atoms with E-state index in [2.05, 4.69) is 35.1 Å². The van der Waals surface area contributed by atoms with Crippen molar-refractivity contribution < 1.29 is 19.1 Å². The van der Waals surface area contributed by atoms with Gasteiger partial charge in [0.2, 0.25) is 0 Å². The number of cyclic esters (lactones) is 2. The minimum Gasteiger partial charge on any atom is -0.419 e. The number of rotatable bonds is 3. The highest BCUT2D eigenvalue weighted by atomic mass is 79.9. The van der Waals surface area contributed by atoms with E-state index in [0.29, 0.717) is 5.92 Å². The second-order valence-electron chi connectivity index (χ2n) is 5.78. The number of carbonyl (C=O) groups is 2. The smallest absolute Gasteiger partial charge is 0.350 e. The average Bonchev–Trinajstić information content (AvgIpc) is 2.37. The molecule has 1 aliphatic heterocycles. The van der Waals surface area contributed by atoms with Crippen LogP contribution in [0.25, 0.3) is 0 Å². The molecule has 1 saturated heterocycles. The van der Waals surface area contributed by atoms with Gasteiger partial charge in [0.05, 0.1) is 5.69 Å². The van der Waals surface area contributed by atoms with Gasteiger partial charge >= 0.3 is 11.9 Å². The van der Waals surface area contributed by atoms with Crippen LogP contribution in [0.1, 0.15) is 39.2 Å². The predicted octanol–water partition coefficient (Wildman–Crippen LogP) is 3.70. The van der Waals surface area contributed by atoms with Gasteiger partial charge in [-0.1, -0.05) is 19.9 Å². The summed E-state index contributed by atoms with van der Waals surface area (Å²) in [6.07, 6.45) is 1.30. The summed E-state index contributed by atoms with van der Waals surface area (Å²) in [5.41, 5.74) is 1.75. The van der Waals surface area contributed by atoms with Crippen molar-refractivity contribution in [3.05, 3.63) is 40.0 Å². The summed E-state index contributed by atoms with van der Waals surface area (Å²) in [6.45, 7) is 7.22. The monoisotopic (exact) mass is 367 g/mol. The first kappa shape index (κ1) is 16.5. The summed E-state index contributed by atoms with van der Waals surface area (Å²) in [4.78, 5) is 23.7. The number of hydrogen-bond acceptors (Lipinski definition) is 5. The van der Waals surface area contributed by atoms with Crippen LogP contribution < -0.4 is 5.32 Å². The largest absolute Gasteiger partial charge is 0.419 e. The van der Waals surface area contributed by atoms with Gasteiger partial charge in [0.15, 0.2) is 5.57 Å². The number of hydrogen-bond donors (Lipinski definition) is 1. The van der Waals surface area contributed by atoms with Crippen molar-refractivity contribution in [2.75, 3.05) is 5.32 Å². The predicted molar refractivity (Wildman–Crippen MR) is 86.2 cm³/mol. The van der Waals surface area contributed by atoms with Gasteiger partial charge in [-0.3, -0.25) is 0 Å². The zero-order valence-corrected chi connectivity index (χ0v) is 14.5. The maximum atomic E-state index is 11.8. The van der Waals surface area contributed by atoms with Crippen LogP contribution in [0.5, 0.6) is 0 Å². The number of carbonyl (C=O) groups excluding carboxylic acids is 2. The van der Waals surface area contributed by atoms with Gasteiger partial charge in [-0.05, 0) is 39.5 Å². The molecule has 0 saturated carbocycles. The fourth-order valence-corrected chi connectivity index (χ4v) is 2.45. The van der Waals surface area contributed by atoms with E-state index in [9.17, 15) is 9.59 Å².